The fourth-order valence-corrected chi connectivity index (χ4v) is 2.13. The molecule has 3 nitrogen and oxygen atoms in total. The van der Waals surface area contributed by atoms with Gasteiger partial charge in [-0.25, -0.2) is 0 Å². The van der Waals surface area contributed by atoms with Gasteiger partial charge >= 0.3 is 0 Å². The van der Waals surface area contributed by atoms with Crippen molar-refractivity contribution in [3.05, 3.63) is 23.3 Å². The Balaban J connectivity index is 2.10. The molecule has 70 valence electrons. The van der Waals surface area contributed by atoms with Gasteiger partial charge in [0, 0.05) is 5.92 Å². The molecule has 0 fully saturated rings. The molecule has 3 N–H and O–H groups in total. The molecule has 0 radical (unpaired) electrons. The standard InChI is InChI=1S/C10H14N2O/c11-10(12-13)9-5-7-3-1-2-4-8(7)6-9/h1,3,9,13H,2,4-6H2,(H2,11,12). The molecule has 0 spiro atoms. The lowest BCUT2D eigenvalue weighted by Crippen LogP contribution is -2.21. The highest BCUT2D eigenvalue weighted by Gasteiger charge is 2.26. The SMILES string of the molecule is N/C(=N\O)C1CC2=C(CCC=C2)C1. The summed E-state index contributed by atoms with van der Waals surface area (Å²) in [6, 6.07) is 0. The summed E-state index contributed by atoms with van der Waals surface area (Å²) in [5.74, 6) is 0.612. The average Bonchev–Trinajstić information content (AvgIpc) is 2.59. The second-order valence-electron chi connectivity index (χ2n) is 3.70. The van der Waals surface area contributed by atoms with Crippen LogP contribution in [-0.4, -0.2) is 11.0 Å². The van der Waals surface area contributed by atoms with Crippen LogP contribution in [0.4, 0.5) is 0 Å². The summed E-state index contributed by atoms with van der Waals surface area (Å²) in [7, 11) is 0. The molecule has 0 aromatic carbocycles. The van der Waals surface area contributed by atoms with Gasteiger partial charge in [0.15, 0.2) is 0 Å². The molecule has 0 saturated heterocycles. The molecule has 2 aliphatic rings. The van der Waals surface area contributed by atoms with Gasteiger partial charge in [-0.05, 0) is 31.3 Å². The average molecular weight is 178 g/mol. The van der Waals surface area contributed by atoms with Crippen molar-refractivity contribution in [1.82, 2.24) is 0 Å². The van der Waals surface area contributed by atoms with Crippen LogP contribution < -0.4 is 5.73 Å². The van der Waals surface area contributed by atoms with Crippen LogP contribution in [0, 0.1) is 5.92 Å². The molecule has 0 aliphatic heterocycles. The van der Waals surface area contributed by atoms with Crippen molar-refractivity contribution in [3.8, 4) is 0 Å². The van der Waals surface area contributed by atoms with Gasteiger partial charge in [-0.3, -0.25) is 0 Å². The van der Waals surface area contributed by atoms with E-state index in [2.05, 4.69) is 17.3 Å². The lowest BCUT2D eigenvalue weighted by Gasteiger charge is -2.07. The monoisotopic (exact) mass is 178 g/mol. The summed E-state index contributed by atoms with van der Waals surface area (Å²) in [5, 5.41) is 11.6. The van der Waals surface area contributed by atoms with E-state index in [4.69, 9.17) is 10.9 Å². The predicted octanol–water partition coefficient (Wildman–Crippen LogP) is 1.79. The first kappa shape index (κ1) is 8.35. The van der Waals surface area contributed by atoms with E-state index in [1.165, 1.54) is 11.1 Å². The first-order valence-electron chi connectivity index (χ1n) is 4.66. The third kappa shape index (κ3) is 1.46. The van der Waals surface area contributed by atoms with Crippen LogP contribution in [0.2, 0.25) is 0 Å². The normalized spacial score (nSPS) is 28.0. The zero-order valence-electron chi connectivity index (χ0n) is 7.53. The molecule has 1 unspecified atom stereocenters. The first-order valence-corrected chi connectivity index (χ1v) is 4.66. The van der Waals surface area contributed by atoms with Crippen LogP contribution in [-0.2, 0) is 0 Å². The van der Waals surface area contributed by atoms with Crippen molar-refractivity contribution >= 4 is 5.84 Å². The van der Waals surface area contributed by atoms with Gasteiger partial charge in [-0.15, -0.1) is 0 Å². The highest BCUT2D eigenvalue weighted by molar-refractivity contribution is 5.83. The maximum absolute atomic E-state index is 8.56. The molecular formula is C10H14N2O. The quantitative estimate of drug-likeness (QED) is 0.278. The third-order valence-electron chi connectivity index (χ3n) is 2.88. The van der Waals surface area contributed by atoms with Crippen LogP contribution >= 0.6 is 0 Å². The molecule has 2 rings (SSSR count). The number of allylic oxidation sites excluding steroid dienone is 4. The number of amidine groups is 1. The molecule has 1 atom stereocenters. The van der Waals surface area contributed by atoms with Crippen LogP contribution in [0.25, 0.3) is 0 Å². The van der Waals surface area contributed by atoms with Crippen LogP contribution in [0.3, 0.4) is 0 Å². The summed E-state index contributed by atoms with van der Waals surface area (Å²) in [5.41, 5.74) is 8.49. The maximum Gasteiger partial charge on any atom is 0.142 e. The molecule has 0 bridgehead atoms. The minimum absolute atomic E-state index is 0.234. The first-order chi connectivity index (χ1) is 6.31. The molecular weight excluding hydrogens is 164 g/mol. The Hall–Kier alpha value is -1.25. The Bertz CT molecular complexity index is 302. The summed E-state index contributed by atoms with van der Waals surface area (Å²) >= 11 is 0. The zero-order valence-corrected chi connectivity index (χ0v) is 7.53. The molecule has 0 aromatic heterocycles. The van der Waals surface area contributed by atoms with Gasteiger partial charge in [0.1, 0.15) is 5.84 Å². The minimum Gasteiger partial charge on any atom is -0.409 e. The highest BCUT2D eigenvalue weighted by Crippen LogP contribution is 2.37. The highest BCUT2D eigenvalue weighted by atomic mass is 16.4. The van der Waals surface area contributed by atoms with Crippen molar-refractivity contribution in [2.75, 3.05) is 0 Å². The van der Waals surface area contributed by atoms with Gasteiger partial charge in [-0.1, -0.05) is 22.9 Å². The van der Waals surface area contributed by atoms with Crippen molar-refractivity contribution in [1.29, 1.82) is 0 Å². The van der Waals surface area contributed by atoms with E-state index in [-0.39, 0.29) is 5.92 Å². The number of hydrogen-bond acceptors (Lipinski definition) is 2. The van der Waals surface area contributed by atoms with Gasteiger partial charge < -0.3 is 10.9 Å². The number of hydrogen-bond donors (Lipinski definition) is 2. The van der Waals surface area contributed by atoms with Crippen LogP contribution in [0.15, 0.2) is 28.5 Å². The molecule has 2 aliphatic carbocycles. The van der Waals surface area contributed by atoms with Crippen LogP contribution in [0.1, 0.15) is 25.7 Å². The van der Waals surface area contributed by atoms with Crippen molar-refractivity contribution in [2.45, 2.75) is 25.7 Å². The van der Waals surface area contributed by atoms with Gasteiger partial charge in [0.05, 0.1) is 0 Å². The summed E-state index contributed by atoms with van der Waals surface area (Å²) < 4.78 is 0. The number of nitrogens with zero attached hydrogens (tertiary/aromatic N) is 1. The topological polar surface area (TPSA) is 58.6 Å². The Labute approximate surface area is 77.6 Å². The smallest absolute Gasteiger partial charge is 0.142 e. The zero-order chi connectivity index (χ0) is 9.26. The second kappa shape index (κ2) is 3.24. The number of rotatable bonds is 1. The maximum atomic E-state index is 8.56. The van der Waals surface area contributed by atoms with E-state index in [1.54, 1.807) is 0 Å². The Morgan fingerprint density at radius 1 is 1.54 bits per heavy atom. The molecule has 0 saturated carbocycles. The van der Waals surface area contributed by atoms with Crippen molar-refractivity contribution in [2.24, 2.45) is 16.8 Å². The third-order valence-corrected chi connectivity index (χ3v) is 2.88. The fraction of sp³-hybridized carbons (Fsp3) is 0.500. The van der Waals surface area contributed by atoms with E-state index < -0.39 is 0 Å². The molecule has 0 aromatic rings. The van der Waals surface area contributed by atoms with Gasteiger partial charge in [0.25, 0.3) is 0 Å². The second-order valence-corrected chi connectivity index (χ2v) is 3.70. The van der Waals surface area contributed by atoms with Gasteiger partial charge in [-0.2, -0.15) is 0 Å². The van der Waals surface area contributed by atoms with E-state index in [9.17, 15) is 0 Å². The van der Waals surface area contributed by atoms with Crippen LogP contribution in [0.5, 0.6) is 0 Å². The van der Waals surface area contributed by atoms with Gasteiger partial charge in [0.2, 0.25) is 0 Å². The number of nitrogens with two attached hydrogens (primary N) is 1. The Kier molecular flexibility index (Phi) is 2.08. The Morgan fingerprint density at radius 2 is 2.38 bits per heavy atom. The predicted molar refractivity (Wildman–Crippen MR) is 51.5 cm³/mol. The van der Waals surface area contributed by atoms with Crippen molar-refractivity contribution < 1.29 is 5.21 Å². The summed E-state index contributed by atoms with van der Waals surface area (Å²) in [6.07, 6.45) is 8.61. The van der Waals surface area contributed by atoms with E-state index in [1.807, 2.05) is 0 Å². The fourth-order valence-electron chi connectivity index (χ4n) is 2.13. The lowest BCUT2D eigenvalue weighted by atomic mass is 10.0. The molecule has 0 amide bonds. The molecule has 13 heavy (non-hydrogen) atoms. The molecule has 0 heterocycles. The van der Waals surface area contributed by atoms with E-state index in [0.717, 1.165) is 25.7 Å². The van der Waals surface area contributed by atoms with E-state index >= 15 is 0 Å². The molecule has 3 heteroatoms. The number of oxime groups is 1. The minimum atomic E-state index is 0.234. The van der Waals surface area contributed by atoms with E-state index in [0.29, 0.717) is 5.84 Å². The lowest BCUT2D eigenvalue weighted by molar-refractivity contribution is 0.314. The Morgan fingerprint density at radius 3 is 3.08 bits per heavy atom. The summed E-state index contributed by atoms with van der Waals surface area (Å²) in [4.78, 5) is 0. The van der Waals surface area contributed by atoms with Crippen molar-refractivity contribution in [3.63, 3.8) is 0 Å². The summed E-state index contributed by atoms with van der Waals surface area (Å²) in [6.45, 7) is 0. The largest absolute Gasteiger partial charge is 0.409 e.